The van der Waals surface area contributed by atoms with Crippen molar-refractivity contribution in [2.75, 3.05) is 13.1 Å². The van der Waals surface area contributed by atoms with Gasteiger partial charge >= 0.3 is 0 Å². The van der Waals surface area contributed by atoms with E-state index in [2.05, 4.69) is 41.4 Å². The van der Waals surface area contributed by atoms with E-state index in [0.29, 0.717) is 6.54 Å². The van der Waals surface area contributed by atoms with Gasteiger partial charge in [0.2, 0.25) is 5.91 Å². The Balaban J connectivity index is 0.00000288. The fourth-order valence-electron chi connectivity index (χ4n) is 2.83. The summed E-state index contributed by atoms with van der Waals surface area (Å²) in [5.74, 6) is 0.734. The van der Waals surface area contributed by atoms with Crippen LogP contribution in [0.25, 0.3) is 0 Å². The number of nitrogens with two attached hydrogens (primary N) is 1. The number of hydrogen-bond donors (Lipinski definition) is 2. The quantitative estimate of drug-likeness (QED) is 0.783. The lowest BCUT2D eigenvalue weighted by atomic mass is 9.99. The molecule has 1 amide bonds. The minimum absolute atomic E-state index is 0. The van der Waals surface area contributed by atoms with Crippen LogP contribution < -0.4 is 11.1 Å². The first kappa shape index (κ1) is 24.2. The minimum Gasteiger partial charge on any atom is -0.352 e. The number of likely N-dealkylation sites (tertiary alicyclic amines) is 1. The highest BCUT2D eigenvalue weighted by Crippen LogP contribution is 2.18. The molecule has 1 aromatic carbocycles. The number of carbonyl (C=O) groups is 1. The van der Waals surface area contributed by atoms with Gasteiger partial charge in [-0.15, -0.1) is 24.8 Å². The second-order valence-electron chi connectivity index (χ2n) is 7.14. The molecule has 0 bridgehead atoms. The van der Waals surface area contributed by atoms with Crippen molar-refractivity contribution in [1.29, 1.82) is 0 Å². The van der Waals surface area contributed by atoms with Crippen LogP contribution in [0.4, 0.5) is 0 Å². The van der Waals surface area contributed by atoms with E-state index in [9.17, 15) is 4.79 Å². The van der Waals surface area contributed by atoms with E-state index in [-0.39, 0.29) is 42.7 Å². The molecule has 0 spiro atoms. The maximum absolute atomic E-state index is 11.9. The Morgan fingerprint density at radius 3 is 2.20 bits per heavy atom. The molecule has 0 saturated carbocycles. The van der Waals surface area contributed by atoms with E-state index in [1.807, 2.05) is 13.8 Å². The molecule has 1 fully saturated rings. The van der Waals surface area contributed by atoms with Crippen LogP contribution in [0.1, 0.15) is 44.7 Å². The van der Waals surface area contributed by atoms with Crippen LogP contribution in [0.3, 0.4) is 0 Å². The maximum Gasteiger partial charge on any atom is 0.224 e. The van der Waals surface area contributed by atoms with Gasteiger partial charge in [-0.2, -0.15) is 0 Å². The summed E-state index contributed by atoms with van der Waals surface area (Å²) in [4.78, 5) is 14.4. The van der Waals surface area contributed by atoms with Gasteiger partial charge in [0.25, 0.3) is 0 Å². The average Bonchev–Trinajstić information content (AvgIpc) is 2.55. The zero-order chi connectivity index (χ0) is 16.8. The van der Waals surface area contributed by atoms with E-state index in [4.69, 9.17) is 5.73 Å². The predicted molar refractivity (Wildman–Crippen MR) is 109 cm³/mol. The van der Waals surface area contributed by atoms with Crippen molar-refractivity contribution in [3.8, 4) is 0 Å². The van der Waals surface area contributed by atoms with Gasteiger partial charge in [0.05, 0.1) is 0 Å². The van der Waals surface area contributed by atoms with Crippen LogP contribution >= 0.6 is 24.8 Å². The van der Waals surface area contributed by atoms with Crippen LogP contribution in [0.15, 0.2) is 24.3 Å². The summed E-state index contributed by atoms with van der Waals surface area (Å²) in [6, 6.07) is 8.45. The highest BCUT2D eigenvalue weighted by atomic mass is 35.5. The summed E-state index contributed by atoms with van der Waals surface area (Å²) in [5.41, 5.74) is 8.23. The average molecular weight is 390 g/mol. The molecule has 6 heteroatoms. The van der Waals surface area contributed by atoms with Gasteiger partial charge in [-0.25, -0.2) is 0 Å². The summed E-state index contributed by atoms with van der Waals surface area (Å²) in [6.45, 7) is 10.1. The number of halogens is 2. The fourth-order valence-corrected chi connectivity index (χ4v) is 2.83. The molecule has 1 aliphatic rings. The van der Waals surface area contributed by atoms with Gasteiger partial charge < -0.3 is 11.1 Å². The number of benzene rings is 1. The van der Waals surface area contributed by atoms with Crippen molar-refractivity contribution >= 4 is 30.7 Å². The summed E-state index contributed by atoms with van der Waals surface area (Å²) in [7, 11) is 0. The number of amides is 1. The van der Waals surface area contributed by atoms with Crippen molar-refractivity contribution in [2.45, 2.75) is 52.7 Å². The molecular formula is C19H33Cl2N3O. The molecule has 1 aromatic rings. The Hall–Kier alpha value is -0.810. The molecule has 25 heavy (non-hydrogen) atoms. The second-order valence-corrected chi connectivity index (χ2v) is 7.14. The molecule has 1 saturated heterocycles. The third kappa shape index (κ3) is 7.95. The van der Waals surface area contributed by atoms with Crippen molar-refractivity contribution in [1.82, 2.24) is 10.2 Å². The van der Waals surface area contributed by atoms with E-state index in [0.717, 1.165) is 18.0 Å². The van der Waals surface area contributed by atoms with Crippen LogP contribution in [0.2, 0.25) is 0 Å². The van der Waals surface area contributed by atoms with Gasteiger partial charge in [-0.3, -0.25) is 9.69 Å². The number of nitrogens with zero attached hydrogens (tertiary/aromatic N) is 1. The smallest absolute Gasteiger partial charge is 0.224 e. The first-order chi connectivity index (χ1) is 11.0. The standard InChI is InChI=1S/C19H31N3O.2ClH/c1-14-8-10-22(11-9-14)13-18-6-4-17(5-7-18)12-21-19(23)15(2)16(3)20;;/h4-7,14-16H,8-13,20H2,1-3H3,(H,21,23);2*1H. The molecule has 0 aromatic heterocycles. The summed E-state index contributed by atoms with van der Waals surface area (Å²) in [5, 5.41) is 2.96. The number of piperidine rings is 1. The highest BCUT2D eigenvalue weighted by molar-refractivity contribution is 5.85. The number of rotatable bonds is 6. The molecule has 1 aliphatic heterocycles. The Kier molecular flexibility index (Phi) is 11.4. The van der Waals surface area contributed by atoms with Crippen LogP contribution in [-0.4, -0.2) is 29.9 Å². The summed E-state index contributed by atoms with van der Waals surface area (Å²) in [6.07, 6.45) is 2.61. The zero-order valence-corrected chi connectivity index (χ0v) is 17.2. The lowest BCUT2D eigenvalue weighted by Crippen LogP contribution is -2.38. The second kappa shape index (κ2) is 11.7. The summed E-state index contributed by atoms with van der Waals surface area (Å²) < 4.78 is 0. The lowest BCUT2D eigenvalue weighted by molar-refractivity contribution is -0.125. The van der Waals surface area contributed by atoms with Crippen molar-refractivity contribution in [3.63, 3.8) is 0 Å². The van der Waals surface area contributed by atoms with Crippen LogP contribution in [0.5, 0.6) is 0 Å². The third-order valence-corrected chi connectivity index (χ3v) is 4.97. The molecule has 1 heterocycles. The SMILES string of the molecule is CC1CCN(Cc2ccc(CNC(=O)C(C)C(C)N)cc2)CC1.Cl.Cl. The molecule has 3 N–H and O–H groups in total. The van der Waals surface area contributed by atoms with Crippen molar-refractivity contribution < 1.29 is 4.79 Å². The van der Waals surface area contributed by atoms with Gasteiger partial charge in [0.15, 0.2) is 0 Å². The number of nitrogens with one attached hydrogen (secondary N) is 1. The molecular weight excluding hydrogens is 357 g/mol. The largest absolute Gasteiger partial charge is 0.352 e. The zero-order valence-electron chi connectivity index (χ0n) is 15.5. The monoisotopic (exact) mass is 389 g/mol. The Morgan fingerprint density at radius 1 is 1.16 bits per heavy atom. The van der Waals surface area contributed by atoms with Gasteiger partial charge in [-0.1, -0.05) is 38.1 Å². The number of carbonyl (C=O) groups excluding carboxylic acids is 1. The molecule has 0 radical (unpaired) electrons. The Morgan fingerprint density at radius 2 is 1.68 bits per heavy atom. The third-order valence-electron chi connectivity index (χ3n) is 4.97. The van der Waals surface area contributed by atoms with Gasteiger partial charge in [0.1, 0.15) is 0 Å². The van der Waals surface area contributed by atoms with Crippen molar-refractivity contribution in [3.05, 3.63) is 35.4 Å². The first-order valence-corrected chi connectivity index (χ1v) is 8.79. The molecule has 4 nitrogen and oxygen atoms in total. The molecule has 2 unspecified atom stereocenters. The van der Waals surface area contributed by atoms with E-state index in [1.165, 1.54) is 31.5 Å². The topological polar surface area (TPSA) is 58.4 Å². The molecule has 2 atom stereocenters. The predicted octanol–water partition coefficient (Wildman–Crippen LogP) is 3.36. The van der Waals surface area contributed by atoms with Crippen molar-refractivity contribution in [2.24, 2.45) is 17.6 Å². The Bertz CT molecular complexity index is 500. The van der Waals surface area contributed by atoms with Gasteiger partial charge in [-0.05, 0) is 49.9 Å². The molecule has 144 valence electrons. The molecule has 2 rings (SSSR count). The van der Waals surface area contributed by atoms with E-state index in [1.54, 1.807) is 0 Å². The minimum atomic E-state index is -0.157. The number of hydrogen-bond acceptors (Lipinski definition) is 3. The van der Waals surface area contributed by atoms with Crippen LogP contribution in [0, 0.1) is 11.8 Å². The normalized spacial score (nSPS) is 17.8. The first-order valence-electron chi connectivity index (χ1n) is 8.79. The lowest BCUT2D eigenvalue weighted by Gasteiger charge is -2.30. The summed E-state index contributed by atoms with van der Waals surface area (Å²) >= 11 is 0. The maximum atomic E-state index is 11.9. The molecule has 0 aliphatic carbocycles. The van der Waals surface area contributed by atoms with E-state index >= 15 is 0 Å². The fraction of sp³-hybridized carbons (Fsp3) is 0.632. The van der Waals surface area contributed by atoms with Crippen LogP contribution in [-0.2, 0) is 17.9 Å². The Labute approximate surface area is 164 Å². The van der Waals surface area contributed by atoms with E-state index < -0.39 is 0 Å². The van der Waals surface area contributed by atoms with Gasteiger partial charge in [0, 0.05) is 25.0 Å². The highest BCUT2D eigenvalue weighted by Gasteiger charge is 2.17.